The molecule has 0 saturated carbocycles. The van der Waals surface area contributed by atoms with Crippen LogP contribution >= 0.6 is 11.8 Å². The average Bonchev–Trinajstić information content (AvgIpc) is 2.65. The lowest BCUT2D eigenvalue weighted by atomic mass is 10.1. The monoisotopic (exact) mass is 423 g/mol. The molecule has 0 radical (unpaired) electrons. The van der Waals surface area contributed by atoms with E-state index in [2.05, 4.69) is 5.32 Å². The van der Waals surface area contributed by atoms with E-state index in [1.165, 1.54) is 30.0 Å². The van der Waals surface area contributed by atoms with Gasteiger partial charge in [-0.2, -0.15) is 0 Å². The molecule has 2 aromatic rings. The van der Waals surface area contributed by atoms with Crippen molar-refractivity contribution in [1.82, 2.24) is 0 Å². The van der Waals surface area contributed by atoms with E-state index >= 15 is 0 Å². The number of nitro groups is 1. The summed E-state index contributed by atoms with van der Waals surface area (Å²) in [6, 6.07) is 11.3. The lowest BCUT2D eigenvalue weighted by molar-refractivity contribution is -0.384. The Balaban J connectivity index is 2.45. The molecule has 0 spiro atoms. The number of nitro benzene ring substituents is 1. The lowest BCUT2D eigenvalue weighted by Crippen LogP contribution is -2.47. The first-order valence-electron chi connectivity index (χ1n) is 8.36. The molecule has 2 rings (SSSR count). The summed E-state index contributed by atoms with van der Waals surface area (Å²) in [5, 5.41) is 13.8. The molecule has 0 heterocycles. The molecular weight excluding hydrogens is 402 g/mol. The standard InChI is InChI=1S/C18H21N3O5S2/c1-4-16(18(22)19-15-10-5-6-11-17(15)27-2)20(28(3,25)26)13-8-7-9-14(12-13)21(23)24/h5-12,16H,4H2,1-3H3,(H,19,22)/t16-/m0/s1. The minimum atomic E-state index is -3.88. The van der Waals surface area contributed by atoms with Crippen molar-refractivity contribution in [1.29, 1.82) is 0 Å². The molecule has 0 aliphatic carbocycles. The summed E-state index contributed by atoms with van der Waals surface area (Å²) in [6.07, 6.45) is 3.02. The predicted octanol–water partition coefficient (Wildman–Crippen LogP) is 3.50. The maximum Gasteiger partial charge on any atom is 0.271 e. The van der Waals surface area contributed by atoms with E-state index in [0.29, 0.717) is 5.69 Å². The Bertz CT molecular complexity index is 979. The Morgan fingerprint density at radius 3 is 2.50 bits per heavy atom. The van der Waals surface area contributed by atoms with Crippen molar-refractivity contribution in [2.45, 2.75) is 24.3 Å². The molecule has 0 aromatic heterocycles. The molecule has 0 aliphatic heterocycles. The molecule has 1 atom stereocenters. The summed E-state index contributed by atoms with van der Waals surface area (Å²) in [5.41, 5.74) is 0.386. The number of thioether (sulfide) groups is 1. The molecule has 0 bridgehead atoms. The number of carbonyl (C=O) groups is 1. The zero-order valence-corrected chi connectivity index (χ0v) is 17.3. The number of hydrogen-bond donors (Lipinski definition) is 1. The van der Waals surface area contributed by atoms with E-state index in [9.17, 15) is 23.3 Å². The fraction of sp³-hybridized carbons (Fsp3) is 0.278. The number of sulfonamides is 1. The topological polar surface area (TPSA) is 110 Å². The van der Waals surface area contributed by atoms with Crippen LogP contribution in [0.15, 0.2) is 53.4 Å². The molecule has 0 saturated heterocycles. The smallest absolute Gasteiger partial charge is 0.271 e. The second-order valence-electron chi connectivity index (χ2n) is 5.95. The number of benzene rings is 2. The molecule has 10 heteroatoms. The normalized spacial score (nSPS) is 12.2. The van der Waals surface area contributed by atoms with Crippen molar-refractivity contribution in [2.24, 2.45) is 0 Å². The summed E-state index contributed by atoms with van der Waals surface area (Å²) in [6.45, 7) is 1.68. The third-order valence-electron chi connectivity index (χ3n) is 3.99. The third kappa shape index (κ3) is 5.02. The minimum Gasteiger partial charge on any atom is -0.323 e. The predicted molar refractivity (Wildman–Crippen MR) is 111 cm³/mol. The largest absolute Gasteiger partial charge is 0.323 e. The van der Waals surface area contributed by atoms with E-state index in [4.69, 9.17) is 0 Å². The van der Waals surface area contributed by atoms with Gasteiger partial charge in [-0.1, -0.05) is 25.1 Å². The van der Waals surface area contributed by atoms with Crippen molar-refractivity contribution in [3.8, 4) is 0 Å². The molecular formula is C18H21N3O5S2. The number of anilines is 2. The summed E-state index contributed by atoms with van der Waals surface area (Å²) < 4.78 is 25.9. The molecule has 1 N–H and O–H groups in total. The van der Waals surface area contributed by atoms with Crippen LogP contribution in [-0.4, -0.2) is 37.8 Å². The molecule has 150 valence electrons. The Morgan fingerprint density at radius 1 is 1.25 bits per heavy atom. The number of non-ortho nitro benzene ring substituents is 1. The molecule has 0 fully saturated rings. The summed E-state index contributed by atoms with van der Waals surface area (Å²) in [5.74, 6) is -0.513. The van der Waals surface area contributed by atoms with Gasteiger partial charge in [0.25, 0.3) is 5.69 Å². The molecule has 8 nitrogen and oxygen atoms in total. The first kappa shape index (κ1) is 21.7. The van der Waals surface area contributed by atoms with Crippen molar-refractivity contribution in [2.75, 3.05) is 22.1 Å². The summed E-state index contributed by atoms with van der Waals surface area (Å²) in [4.78, 5) is 24.2. The number of para-hydroxylation sites is 1. The van der Waals surface area contributed by atoms with Gasteiger partial charge in [-0.3, -0.25) is 19.2 Å². The molecule has 28 heavy (non-hydrogen) atoms. The average molecular weight is 424 g/mol. The van der Waals surface area contributed by atoms with Crippen LogP contribution in [0.2, 0.25) is 0 Å². The maximum atomic E-state index is 12.9. The Labute approximate surface area is 168 Å². The van der Waals surface area contributed by atoms with E-state index in [0.717, 1.165) is 21.5 Å². The van der Waals surface area contributed by atoms with Gasteiger partial charge in [0.1, 0.15) is 6.04 Å². The van der Waals surface area contributed by atoms with Gasteiger partial charge in [-0.25, -0.2) is 8.42 Å². The summed E-state index contributed by atoms with van der Waals surface area (Å²) >= 11 is 1.45. The van der Waals surface area contributed by atoms with Crippen LogP contribution in [0, 0.1) is 10.1 Å². The number of nitrogens with one attached hydrogen (secondary N) is 1. The Hall–Kier alpha value is -2.59. The lowest BCUT2D eigenvalue weighted by Gasteiger charge is -2.30. The second-order valence-corrected chi connectivity index (χ2v) is 8.66. The first-order valence-corrected chi connectivity index (χ1v) is 11.4. The highest BCUT2D eigenvalue weighted by Crippen LogP contribution is 2.28. The number of rotatable bonds is 8. The Morgan fingerprint density at radius 2 is 1.93 bits per heavy atom. The van der Waals surface area contributed by atoms with Crippen LogP contribution in [-0.2, 0) is 14.8 Å². The number of hydrogen-bond acceptors (Lipinski definition) is 6. The quantitative estimate of drug-likeness (QED) is 0.395. The van der Waals surface area contributed by atoms with Crippen LogP contribution in [0.25, 0.3) is 0 Å². The zero-order chi connectivity index (χ0) is 20.9. The van der Waals surface area contributed by atoms with E-state index in [-0.39, 0.29) is 17.8 Å². The molecule has 0 unspecified atom stereocenters. The van der Waals surface area contributed by atoms with Gasteiger partial charge in [0, 0.05) is 17.0 Å². The van der Waals surface area contributed by atoms with Crippen LogP contribution in [0.3, 0.4) is 0 Å². The number of nitrogens with zero attached hydrogens (tertiary/aromatic N) is 2. The van der Waals surface area contributed by atoms with Gasteiger partial charge in [0.15, 0.2) is 0 Å². The second kappa shape index (κ2) is 9.07. The SMILES string of the molecule is CC[C@@H](C(=O)Nc1ccccc1SC)N(c1cccc([N+](=O)[O-])c1)S(C)(=O)=O. The van der Waals surface area contributed by atoms with Gasteiger partial charge in [0.05, 0.1) is 22.6 Å². The molecule has 1 amide bonds. The van der Waals surface area contributed by atoms with Crippen molar-refractivity contribution in [3.05, 3.63) is 58.6 Å². The van der Waals surface area contributed by atoms with E-state index in [1.807, 2.05) is 18.4 Å². The van der Waals surface area contributed by atoms with Crippen molar-refractivity contribution < 1.29 is 18.1 Å². The maximum absolute atomic E-state index is 12.9. The summed E-state index contributed by atoms with van der Waals surface area (Å²) in [7, 11) is -3.88. The van der Waals surface area contributed by atoms with Gasteiger partial charge in [-0.05, 0) is 30.9 Å². The van der Waals surface area contributed by atoms with Crippen molar-refractivity contribution in [3.63, 3.8) is 0 Å². The van der Waals surface area contributed by atoms with Crippen LogP contribution in [0.5, 0.6) is 0 Å². The van der Waals surface area contributed by atoms with E-state index < -0.39 is 26.9 Å². The fourth-order valence-electron chi connectivity index (χ4n) is 2.77. The van der Waals surface area contributed by atoms with Crippen LogP contribution < -0.4 is 9.62 Å². The van der Waals surface area contributed by atoms with Crippen molar-refractivity contribution >= 4 is 44.8 Å². The van der Waals surface area contributed by atoms with Gasteiger partial charge >= 0.3 is 0 Å². The number of carbonyl (C=O) groups excluding carboxylic acids is 1. The van der Waals surface area contributed by atoms with Gasteiger partial charge in [-0.15, -0.1) is 11.8 Å². The first-order chi connectivity index (χ1) is 13.2. The highest BCUT2D eigenvalue weighted by atomic mass is 32.2. The molecule has 2 aromatic carbocycles. The van der Waals surface area contributed by atoms with Gasteiger partial charge < -0.3 is 5.32 Å². The highest BCUT2D eigenvalue weighted by molar-refractivity contribution is 7.98. The molecule has 0 aliphatic rings. The fourth-order valence-corrected chi connectivity index (χ4v) is 4.53. The third-order valence-corrected chi connectivity index (χ3v) is 5.97. The van der Waals surface area contributed by atoms with Crippen LogP contribution in [0.4, 0.5) is 17.1 Å². The van der Waals surface area contributed by atoms with E-state index in [1.54, 1.807) is 19.1 Å². The number of amides is 1. The highest BCUT2D eigenvalue weighted by Gasteiger charge is 2.32. The zero-order valence-electron chi connectivity index (χ0n) is 15.7. The minimum absolute atomic E-state index is 0.0665. The van der Waals surface area contributed by atoms with Gasteiger partial charge in [0.2, 0.25) is 15.9 Å². The van der Waals surface area contributed by atoms with Crippen LogP contribution in [0.1, 0.15) is 13.3 Å². The Kier molecular flexibility index (Phi) is 7.03.